The first-order valence-electron chi connectivity index (χ1n) is 13.0. The molecule has 0 spiro atoms. The van der Waals surface area contributed by atoms with Crippen LogP contribution >= 0.6 is 23.2 Å². The number of halogens is 2. The van der Waals surface area contributed by atoms with Gasteiger partial charge in [0.1, 0.15) is 6.10 Å². The minimum Gasteiger partial charge on any atom is -0.503 e. The molecule has 1 atom stereocenters. The summed E-state index contributed by atoms with van der Waals surface area (Å²) in [5.74, 6) is -0.766. The lowest BCUT2D eigenvalue weighted by molar-refractivity contribution is -0.128. The van der Waals surface area contributed by atoms with Gasteiger partial charge in [-0.15, -0.1) is 0 Å². The number of likely N-dealkylation sites (N-methyl/N-ethyl adjacent to an activating group) is 2. The van der Waals surface area contributed by atoms with E-state index in [1.165, 1.54) is 11.1 Å². The van der Waals surface area contributed by atoms with Crippen molar-refractivity contribution in [2.24, 2.45) is 0 Å². The van der Waals surface area contributed by atoms with Crippen molar-refractivity contribution in [3.63, 3.8) is 0 Å². The number of aliphatic hydroxyl groups is 2. The maximum atomic E-state index is 12.8. The van der Waals surface area contributed by atoms with Gasteiger partial charge in [-0.1, -0.05) is 34.4 Å². The van der Waals surface area contributed by atoms with Gasteiger partial charge in [0.2, 0.25) is 0 Å². The first kappa shape index (κ1) is 30.9. The van der Waals surface area contributed by atoms with Gasteiger partial charge < -0.3 is 34.3 Å². The normalized spacial score (nSPS) is 17.3. The Hall–Kier alpha value is -2.63. The molecule has 1 aromatic carbocycles. The molecule has 39 heavy (non-hydrogen) atoms. The second-order valence-electron chi connectivity index (χ2n) is 9.91. The third-order valence-corrected chi connectivity index (χ3v) is 7.49. The van der Waals surface area contributed by atoms with E-state index in [0.717, 1.165) is 51.1 Å². The molecule has 1 saturated heterocycles. The first-order valence-corrected chi connectivity index (χ1v) is 13.7. The Balaban J connectivity index is 0.000000449. The number of unbranched alkanes of at least 4 members (excludes halogenated alkanes) is 1. The van der Waals surface area contributed by atoms with Gasteiger partial charge >= 0.3 is 0 Å². The lowest BCUT2D eigenvalue weighted by atomic mass is 10.2. The zero-order valence-corrected chi connectivity index (χ0v) is 24.2. The quantitative estimate of drug-likeness (QED) is 0.433. The van der Waals surface area contributed by atoms with Crippen LogP contribution in [0, 0.1) is 0 Å². The Morgan fingerprint density at radius 3 is 2.41 bits per heavy atom. The van der Waals surface area contributed by atoms with Crippen LogP contribution in [0.2, 0.25) is 10.0 Å². The van der Waals surface area contributed by atoms with Crippen LogP contribution in [0.3, 0.4) is 0 Å². The lowest BCUT2D eigenvalue weighted by Gasteiger charge is -2.32. The number of carbonyl (C=O) groups excluding carboxylic acids is 2. The number of amides is 2. The summed E-state index contributed by atoms with van der Waals surface area (Å²) in [4.78, 5) is 33.0. The van der Waals surface area contributed by atoms with Crippen molar-refractivity contribution in [3.8, 4) is 0 Å². The summed E-state index contributed by atoms with van der Waals surface area (Å²) in [5, 5.41) is 23.3. The number of aromatic nitrogens is 1. The van der Waals surface area contributed by atoms with E-state index in [2.05, 4.69) is 26.5 Å². The molecular weight excluding hydrogens is 545 g/mol. The van der Waals surface area contributed by atoms with Gasteiger partial charge in [-0.2, -0.15) is 0 Å². The lowest BCUT2D eigenvalue weighted by Crippen LogP contribution is -2.44. The number of nitrogens with zero attached hydrogens (tertiary/aromatic N) is 5. The molecular formula is C27H37Cl2N5O5. The highest BCUT2D eigenvalue weighted by molar-refractivity contribution is 6.42. The molecule has 2 amide bonds. The second-order valence-corrected chi connectivity index (χ2v) is 10.7. The molecule has 0 bridgehead atoms. The predicted molar refractivity (Wildman–Crippen MR) is 149 cm³/mol. The molecule has 1 fully saturated rings. The average Bonchev–Trinajstić information content (AvgIpc) is 3.55. The van der Waals surface area contributed by atoms with Crippen LogP contribution in [0.4, 0.5) is 0 Å². The molecule has 1 unspecified atom stereocenters. The molecule has 2 aromatic rings. The number of rotatable bonds is 9. The van der Waals surface area contributed by atoms with Crippen molar-refractivity contribution in [3.05, 3.63) is 63.2 Å². The van der Waals surface area contributed by atoms with Gasteiger partial charge in [0, 0.05) is 52.4 Å². The molecule has 0 aliphatic carbocycles. The average molecular weight is 583 g/mol. The standard InChI is InChI=1S/C22H30Cl2N4O3.C5H7NO2/c1-25-9-11-27(12-10-25)7-3-4-8-28-15-17(20(29)22(28)31)21(30)26(2)14-16-5-6-18(23)19(24)13-16;1-4(7)5-2-3-6-8-5/h5-6,13,29H,3-4,7-12,14-15H2,1-2H3;2-4,7H,1H3. The molecule has 2 aliphatic rings. The molecule has 0 saturated carbocycles. The fourth-order valence-electron chi connectivity index (χ4n) is 4.33. The van der Waals surface area contributed by atoms with Crippen LogP contribution in [-0.4, -0.2) is 107 Å². The van der Waals surface area contributed by atoms with Crippen molar-refractivity contribution in [1.29, 1.82) is 0 Å². The Morgan fingerprint density at radius 1 is 1.13 bits per heavy atom. The maximum Gasteiger partial charge on any atom is 0.289 e. The van der Waals surface area contributed by atoms with E-state index < -0.39 is 17.8 Å². The summed E-state index contributed by atoms with van der Waals surface area (Å²) in [6.45, 7) is 7.93. The summed E-state index contributed by atoms with van der Waals surface area (Å²) < 4.78 is 4.59. The predicted octanol–water partition coefficient (Wildman–Crippen LogP) is 3.36. The van der Waals surface area contributed by atoms with Crippen molar-refractivity contribution >= 4 is 35.0 Å². The van der Waals surface area contributed by atoms with E-state index in [-0.39, 0.29) is 18.0 Å². The van der Waals surface area contributed by atoms with E-state index in [0.29, 0.717) is 28.9 Å². The van der Waals surface area contributed by atoms with E-state index in [4.69, 9.17) is 28.3 Å². The smallest absolute Gasteiger partial charge is 0.289 e. The number of carbonyl (C=O) groups is 2. The molecule has 3 heterocycles. The summed E-state index contributed by atoms with van der Waals surface area (Å²) >= 11 is 12.0. The zero-order chi connectivity index (χ0) is 28.5. The van der Waals surface area contributed by atoms with Crippen LogP contribution < -0.4 is 0 Å². The van der Waals surface area contributed by atoms with Gasteiger partial charge in [-0.25, -0.2) is 0 Å². The maximum absolute atomic E-state index is 12.8. The second kappa shape index (κ2) is 14.7. The topological polar surface area (TPSA) is 114 Å². The molecule has 214 valence electrons. The van der Waals surface area contributed by atoms with Crippen LogP contribution in [-0.2, 0) is 16.1 Å². The van der Waals surface area contributed by atoms with Crippen LogP contribution in [0.15, 0.2) is 46.3 Å². The summed E-state index contributed by atoms with van der Waals surface area (Å²) in [5.41, 5.74) is 0.960. The molecule has 1 aromatic heterocycles. The summed E-state index contributed by atoms with van der Waals surface area (Å²) in [6, 6.07) is 6.80. The van der Waals surface area contributed by atoms with Gasteiger partial charge in [0.15, 0.2) is 11.5 Å². The molecule has 10 nitrogen and oxygen atoms in total. The minimum absolute atomic E-state index is 0.143. The number of benzene rings is 1. The minimum atomic E-state index is -0.544. The highest BCUT2D eigenvalue weighted by Crippen LogP contribution is 2.24. The summed E-state index contributed by atoms with van der Waals surface area (Å²) in [7, 11) is 3.77. The van der Waals surface area contributed by atoms with Crippen LogP contribution in [0.25, 0.3) is 0 Å². The molecule has 2 N–H and O–H groups in total. The highest BCUT2D eigenvalue weighted by atomic mass is 35.5. The number of hydrogen-bond acceptors (Lipinski definition) is 8. The Bertz CT molecular complexity index is 1130. The van der Waals surface area contributed by atoms with Crippen molar-refractivity contribution in [1.82, 2.24) is 24.8 Å². The van der Waals surface area contributed by atoms with E-state index in [9.17, 15) is 14.7 Å². The largest absolute Gasteiger partial charge is 0.503 e. The monoisotopic (exact) mass is 581 g/mol. The SMILES string of the molecule is CC(O)c1ccno1.CN1CCN(CCCCN2CC(C(=O)N(C)Cc3ccc(Cl)c(Cl)c3)=C(O)C2=O)CC1. The third kappa shape index (κ3) is 8.94. The number of aliphatic hydroxyl groups excluding tert-OH is 2. The van der Waals surface area contributed by atoms with Gasteiger partial charge in [-0.3, -0.25) is 9.59 Å². The zero-order valence-electron chi connectivity index (χ0n) is 22.6. The fraction of sp³-hybridized carbons (Fsp3) is 0.519. The molecule has 0 radical (unpaired) electrons. The molecule has 12 heteroatoms. The molecule has 4 rings (SSSR count). The summed E-state index contributed by atoms with van der Waals surface area (Å²) in [6.07, 6.45) is 2.78. The van der Waals surface area contributed by atoms with Crippen molar-refractivity contribution < 1.29 is 24.3 Å². The fourth-order valence-corrected chi connectivity index (χ4v) is 4.65. The van der Waals surface area contributed by atoms with Crippen molar-refractivity contribution in [2.45, 2.75) is 32.4 Å². The molecule has 2 aliphatic heterocycles. The van der Waals surface area contributed by atoms with Crippen LogP contribution in [0.1, 0.15) is 37.2 Å². The van der Waals surface area contributed by atoms with Gasteiger partial charge in [0.05, 0.1) is 28.4 Å². The van der Waals surface area contributed by atoms with Gasteiger partial charge in [0.25, 0.3) is 11.8 Å². The Kier molecular flexibility index (Phi) is 11.6. The van der Waals surface area contributed by atoms with Crippen LogP contribution in [0.5, 0.6) is 0 Å². The number of hydrogen-bond donors (Lipinski definition) is 2. The Labute approximate surface area is 239 Å². The van der Waals surface area contributed by atoms with Gasteiger partial charge in [-0.05, 0) is 51.1 Å². The van der Waals surface area contributed by atoms with E-state index >= 15 is 0 Å². The van der Waals surface area contributed by atoms with Crippen molar-refractivity contribution in [2.75, 3.05) is 59.9 Å². The van der Waals surface area contributed by atoms with E-state index in [1.54, 1.807) is 43.1 Å². The Morgan fingerprint density at radius 2 is 1.82 bits per heavy atom. The number of piperazine rings is 1. The van der Waals surface area contributed by atoms with E-state index in [1.807, 2.05) is 0 Å². The highest BCUT2D eigenvalue weighted by Gasteiger charge is 2.34. The third-order valence-electron chi connectivity index (χ3n) is 6.75. The first-order chi connectivity index (χ1) is 18.6.